The van der Waals surface area contributed by atoms with E-state index in [1.165, 1.54) is 4.90 Å². The molecule has 0 radical (unpaired) electrons. The third kappa shape index (κ3) is 4.50. The van der Waals surface area contributed by atoms with Gasteiger partial charge in [0.05, 0.1) is 12.7 Å². The van der Waals surface area contributed by atoms with Crippen molar-refractivity contribution < 1.29 is 18.8 Å². The minimum Gasteiger partial charge on any atom is -0.469 e. The van der Waals surface area contributed by atoms with Crippen molar-refractivity contribution in [3.05, 3.63) is 60.1 Å². The molecule has 1 aliphatic rings. The van der Waals surface area contributed by atoms with Crippen LogP contribution in [0, 0.1) is 0 Å². The van der Waals surface area contributed by atoms with Gasteiger partial charge in [-0.3, -0.25) is 14.5 Å². The first-order valence-electron chi connectivity index (χ1n) is 8.58. The molecule has 4 amide bonds. The summed E-state index contributed by atoms with van der Waals surface area (Å²) >= 11 is 0. The van der Waals surface area contributed by atoms with Crippen molar-refractivity contribution in [1.29, 1.82) is 0 Å². The molecule has 26 heavy (non-hydrogen) atoms. The molecule has 1 aromatic heterocycles. The summed E-state index contributed by atoms with van der Waals surface area (Å²) in [5.74, 6) is 0.148. The van der Waals surface area contributed by atoms with Crippen LogP contribution < -0.4 is 10.6 Å². The fourth-order valence-electron chi connectivity index (χ4n) is 2.85. The van der Waals surface area contributed by atoms with Crippen LogP contribution in [0.15, 0.2) is 53.1 Å². The van der Waals surface area contributed by atoms with Gasteiger partial charge in [-0.25, -0.2) is 4.79 Å². The SMILES string of the molecule is O=C(C[C@@H]1NC(=O)N(CCc2ccccc2)C1=O)NCCc1ccco1. The van der Waals surface area contributed by atoms with Crippen molar-refractivity contribution in [3.8, 4) is 0 Å². The van der Waals surface area contributed by atoms with Crippen molar-refractivity contribution in [3.63, 3.8) is 0 Å². The van der Waals surface area contributed by atoms with Crippen LogP contribution >= 0.6 is 0 Å². The van der Waals surface area contributed by atoms with Crippen molar-refractivity contribution in [2.45, 2.75) is 25.3 Å². The zero-order valence-electron chi connectivity index (χ0n) is 14.3. The minimum absolute atomic E-state index is 0.0649. The lowest BCUT2D eigenvalue weighted by Gasteiger charge is -2.13. The number of hydrogen-bond acceptors (Lipinski definition) is 4. The Morgan fingerprint density at radius 2 is 1.92 bits per heavy atom. The molecule has 7 nitrogen and oxygen atoms in total. The van der Waals surface area contributed by atoms with Gasteiger partial charge in [0.15, 0.2) is 0 Å². The Hall–Kier alpha value is -3.09. The number of nitrogens with zero attached hydrogens (tertiary/aromatic N) is 1. The standard InChI is InChI=1S/C19H21N3O4/c23-17(20-10-8-15-7-4-12-26-15)13-16-18(24)22(19(25)21-16)11-9-14-5-2-1-3-6-14/h1-7,12,16H,8-11,13H2,(H,20,23)(H,21,25)/t16-/m0/s1. The zero-order chi connectivity index (χ0) is 18.4. The average molecular weight is 355 g/mol. The number of amides is 4. The maximum absolute atomic E-state index is 12.4. The quantitative estimate of drug-likeness (QED) is 0.702. The van der Waals surface area contributed by atoms with E-state index in [9.17, 15) is 14.4 Å². The topological polar surface area (TPSA) is 91.7 Å². The first-order valence-corrected chi connectivity index (χ1v) is 8.58. The van der Waals surface area contributed by atoms with Crippen molar-refractivity contribution in [2.75, 3.05) is 13.1 Å². The molecule has 1 aromatic carbocycles. The van der Waals surface area contributed by atoms with Crippen molar-refractivity contribution in [1.82, 2.24) is 15.5 Å². The van der Waals surface area contributed by atoms with Crippen LogP contribution in [0.2, 0.25) is 0 Å². The summed E-state index contributed by atoms with van der Waals surface area (Å²) in [5.41, 5.74) is 1.05. The summed E-state index contributed by atoms with van der Waals surface area (Å²) in [7, 11) is 0. The van der Waals surface area contributed by atoms with E-state index in [-0.39, 0.29) is 18.2 Å². The molecule has 2 aromatic rings. The van der Waals surface area contributed by atoms with E-state index in [1.54, 1.807) is 12.3 Å². The summed E-state index contributed by atoms with van der Waals surface area (Å²) in [6.45, 7) is 0.713. The highest BCUT2D eigenvalue weighted by Crippen LogP contribution is 2.11. The van der Waals surface area contributed by atoms with Gasteiger partial charge in [-0.15, -0.1) is 0 Å². The van der Waals surface area contributed by atoms with E-state index in [2.05, 4.69) is 10.6 Å². The highest BCUT2D eigenvalue weighted by molar-refractivity contribution is 6.05. The number of imide groups is 1. The molecule has 0 unspecified atom stereocenters. The van der Waals surface area contributed by atoms with Crippen LogP contribution in [-0.2, 0) is 22.4 Å². The van der Waals surface area contributed by atoms with Gasteiger partial charge in [0.1, 0.15) is 11.8 Å². The molecule has 0 saturated carbocycles. The fraction of sp³-hybridized carbons (Fsp3) is 0.316. The number of benzene rings is 1. The van der Waals surface area contributed by atoms with E-state index < -0.39 is 12.1 Å². The average Bonchev–Trinajstić information content (AvgIpc) is 3.23. The van der Waals surface area contributed by atoms with E-state index in [4.69, 9.17) is 4.42 Å². The Labute approximate surface area is 151 Å². The number of urea groups is 1. The first kappa shape index (κ1) is 17.7. The third-order valence-electron chi connectivity index (χ3n) is 4.24. The summed E-state index contributed by atoms with van der Waals surface area (Å²) in [6.07, 6.45) is 2.67. The van der Waals surface area contributed by atoms with Gasteiger partial charge in [0.2, 0.25) is 5.91 Å². The second kappa shape index (κ2) is 8.33. The second-order valence-electron chi connectivity index (χ2n) is 6.11. The van der Waals surface area contributed by atoms with E-state index >= 15 is 0 Å². The Morgan fingerprint density at radius 1 is 1.12 bits per heavy atom. The normalized spacial score (nSPS) is 16.6. The van der Waals surface area contributed by atoms with E-state index in [0.29, 0.717) is 25.9 Å². The summed E-state index contributed by atoms with van der Waals surface area (Å²) in [5, 5.41) is 5.32. The van der Waals surface area contributed by atoms with Gasteiger partial charge in [-0.1, -0.05) is 30.3 Å². The molecule has 1 fully saturated rings. The van der Waals surface area contributed by atoms with E-state index in [1.807, 2.05) is 36.4 Å². The third-order valence-corrected chi connectivity index (χ3v) is 4.24. The number of hydrogen-bond donors (Lipinski definition) is 2. The number of furan rings is 1. The van der Waals surface area contributed by atoms with Gasteiger partial charge in [-0.2, -0.15) is 0 Å². The van der Waals surface area contributed by atoms with Gasteiger partial charge in [0.25, 0.3) is 5.91 Å². The molecule has 1 atom stereocenters. The van der Waals surface area contributed by atoms with Crippen LogP contribution in [0.1, 0.15) is 17.7 Å². The summed E-state index contributed by atoms with van der Waals surface area (Å²) in [4.78, 5) is 37.6. The Bertz CT molecular complexity index is 758. The maximum Gasteiger partial charge on any atom is 0.324 e. The fourth-order valence-corrected chi connectivity index (χ4v) is 2.85. The number of carbonyl (C=O) groups is 3. The minimum atomic E-state index is -0.804. The molecule has 0 bridgehead atoms. The van der Waals surface area contributed by atoms with Gasteiger partial charge in [-0.05, 0) is 24.1 Å². The van der Waals surface area contributed by atoms with Crippen molar-refractivity contribution >= 4 is 17.8 Å². The predicted octanol–water partition coefficient (Wildman–Crippen LogP) is 1.49. The maximum atomic E-state index is 12.4. The summed E-state index contributed by atoms with van der Waals surface area (Å²) in [6, 6.07) is 12.0. The number of carbonyl (C=O) groups excluding carboxylic acids is 3. The van der Waals surface area contributed by atoms with Gasteiger partial charge < -0.3 is 15.1 Å². The highest BCUT2D eigenvalue weighted by Gasteiger charge is 2.38. The first-order chi connectivity index (χ1) is 12.6. The molecule has 0 aliphatic carbocycles. The molecular formula is C19H21N3O4. The lowest BCUT2D eigenvalue weighted by Crippen LogP contribution is -2.37. The van der Waals surface area contributed by atoms with E-state index in [0.717, 1.165) is 11.3 Å². The largest absolute Gasteiger partial charge is 0.469 e. The van der Waals surface area contributed by atoms with Crippen LogP contribution in [0.4, 0.5) is 4.79 Å². The molecule has 136 valence electrons. The molecule has 2 N–H and O–H groups in total. The summed E-state index contributed by atoms with van der Waals surface area (Å²) < 4.78 is 5.19. The Balaban J connectivity index is 1.44. The number of nitrogens with one attached hydrogen (secondary N) is 2. The zero-order valence-corrected chi connectivity index (χ0v) is 14.3. The molecular weight excluding hydrogens is 334 g/mol. The van der Waals surface area contributed by atoms with Crippen LogP contribution in [0.25, 0.3) is 0 Å². The molecule has 1 saturated heterocycles. The molecule has 3 rings (SSSR count). The number of rotatable bonds is 8. The van der Waals surface area contributed by atoms with Crippen LogP contribution in [-0.4, -0.2) is 41.9 Å². The molecule has 0 spiro atoms. The molecule has 1 aliphatic heterocycles. The van der Waals surface area contributed by atoms with Crippen LogP contribution in [0.5, 0.6) is 0 Å². The monoisotopic (exact) mass is 355 g/mol. The Morgan fingerprint density at radius 3 is 2.65 bits per heavy atom. The smallest absolute Gasteiger partial charge is 0.324 e. The van der Waals surface area contributed by atoms with Gasteiger partial charge in [0, 0.05) is 19.5 Å². The Kier molecular flexibility index (Phi) is 5.68. The van der Waals surface area contributed by atoms with Crippen molar-refractivity contribution in [2.24, 2.45) is 0 Å². The molecule has 7 heteroatoms. The predicted molar refractivity (Wildman–Crippen MR) is 94.2 cm³/mol. The van der Waals surface area contributed by atoms with Crippen LogP contribution in [0.3, 0.4) is 0 Å². The highest BCUT2D eigenvalue weighted by atomic mass is 16.3. The second-order valence-corrected chi connectivity index (χ2v) is 6.11. The van der Waals surface area contributed by atoms with Gasteiger partial charge >= 0.3 is 6.03 Å². The molecule has 2 heterocycles. The lowest BCUT2D eigenvalue weighted by atomic mass is 10.1. The lowest BCUT2D eigenvalue weighted by molar-refractivity contribution is -0.130.